The first-order valence-corrected chi connectivity index (χ1v) is 7.11. The zero-order valence-corrected chi connectivity index (χ0v) is 12.5. The van der Waals surface area contributed by atoms with Gasteiger partial charge in [0, 0.05) is 24.7 Å². The standard InChI is InChI=1S/C17H24N2O/c1-13(15-7-5-4-6-8-15)17(11-18)19(3)12-16-9-10-20-14(16)2/h4-10,13,17H,11-12,18H2,1-3H3. The van der Waals surface area contributed by atoms with Gasteiger partial charge in [0.25, 0.3) is 0 Å². The molecule has 3 nitrogen and oxygen atoms in total. The molecular formula is C17H24N2O. The highest BCUT2D eigenvalue weighted by atomic mass is 16.3. The van der Waals surface area contributed by atoms with Crippen molar-refractivity contribution >= 4 is 0 Å². The summed E-state index contributed by atoms with van der Waals surface area (Å²) in [4.78, 5) is 2.32. The lowest BCUT2D eigenvalue weighted by Crippen LogP contribution is -2.41. The van der Waals surface area contributed by atoms with Crippen molar-refractivity contribution in [3.8, 4) is 0 Å². The molecule has 0 aliphatic rings. The van der Waals surface area contributed by atoms with Crippen LogP contribution in [0.3, 0.4) is 0 Å². The van der Waals surface area contributed by atoms with E-state index in [-0.39, 0.29) is 0 Å². The van der Waals surface area contributed by atoms with Crippen molar-refractivity contribution in [1.82, 2.24) is 4.90 Å². The van der Waals surface area contributed by atoms with E-state index in [0.717, 1.165) is 12.3 Å². The summed E-state index contributed by atoms with van der Waals surface area (Å²) >= 11 is 0. The molecule has 2 N–H and O–H groups in total. The lowest BCUT2D eigenvalue weighted by atomic mass is 9.92. The third-order valence-electron chi connectivity index (χ3n) is 4.10. The summed E-state index contributed by atoms with van der Waals surface area (Å²) < 4.78 is 5.37. The molecule has 0 bridgehead atoms. The van der Waals surface area contributed by atoms with Gasteiger partial charge in [-0.05, 0) is 31.5 Å². The number of nitrogens with two attached hydrogens (primary N) is 1. The van der Waals surface area contributed by atoms with Crippen molar-refractivity contribution in [2.75, 3.05) is 13.6 Å². The first kappa shape index (κ1) is 14.8. The van der Waals surface area contributed by atoms with Crippen LogP contribution in [0.4, 0.5) is 0 Å². The Balaban J connectivity index is 2.09. The van der Waals surface area contributed by atoms with Crippen LogP contribution in [0.25, 0.3) is 0 Å². The number of hydrogen-bond acceptors (Lipinski definition) is 3. The molecule has 3 heteroatoms. The Morgan fingerprint density at radius 3 is 2.45 bits per heavy atom. The molecule has 1 aromatic heterocycles. The predicted octanol–water partition coefficient (Wildman–Crippen LogP) is 3.15. The first-order chi connectivity index (χ1) is 9.63. The van der Waals surface area contributed by atoms with Gasteiger partial charge in [-0.25, -0.2) is 0 Å². The van der Waals surface area contributed by atoms with Crippen LogP contribution in [0.2, 0.25) is 0 Å². The summed E-state index contributed by atoms with van der Waals surface area (Å²) in [6.07, 6.45) is 1.75. The van der Waals surface area contributed by atoms with Gasteiger partial charge in [0.2, 0.25) is 0 Å². The molecule has 2 atom stereocenters. The number of aryl methyl sites for hydroxylation is 1. The normalized spacial score (nSPS) is 14.4. The average molecular weight is 272 g/mol. The molecule has 0 amide bonds. The van der Waals surface area contributed by atoms with Crippen LogP contribution in [0.1, 0.15) is 29.7 Å². The molecule has 0 fully saturated rings. The van der Waals surface area contributed by atoms with E-state index < -0.39 is 0 Å². The van der Waals surface area contributed by atoms with Crippen molar-refractivity contribution in [1.29, 1.82) is 0 Å². The molecular weight excluding hydrogens is 248 g/mol. The number of nitrogens with zero attached hydrogens (tertiary/aromatic N) is 1. The Kier molecular flexibility index (Phi) is 4.99. The number of benzene rings is 1. The molecule has 0 radical (unpaired) electrons. The maximum absolute atomic E-state index is 6.01. The highest BCUT2D eigenvalue weighted by Gasteiger charge is 2.22. The second-order valence-electron chi connectivity index (χ2n) is 5.42. The van der Waals surface area contributed by atoms with Gasteiger partial charge in [-0.2, -0.15) is 0 Å². The van der Waals surface area contributed by atoms with Crippen LogP contribution in [0.5, 0.6) is 0 Å². The highest BCUT2D eigenvalue weighted by Crippen LogP contribution is 2.23. The van der Waals surface area contributed by atoms with Crippen LogP contribution in [0.15, 0.2) is 47.1 Å². The maximum Gasteiger partial charge on any atom is 0.105 e. The molecule has 2 unspecified atom stereocenters. The number of furan rings is 1. The zero-order valence-electron chi connectivity index (χ0n) is 12.5. The van der Waals surface area contributed by atoms with E-state index in [9.17, 15) is 0 Å². The number of likely N-dealkylation sites (N-methyl/N-ethyl adjacent to an activating group) is 1. The topological polar surface area (TPSA) is 42.4 Å². The molecule has 0 spiro atoms. The monoisotopic (exact) mass is 272 g/mol. The molecule has 1 heterocycles. The summed E-state index contributed by atoms with van der Waals surface area (Å²) in [5.41, 5.74) is 8.57. The van der Waals surface area contributed by atoms with E-state index in [2.05, 4.69) is 43.1 Å². The molecule has 20 heavy (non-hydrogen) atoms. The van der Waals surface area contributed by atoms with Crippen molar-refractivity contribution in [2.45, 2.75) is 32.4 Å². The highest BCUT2D eigenvalue weighted by molar-refractivity contribution is 5.21. The Morgan fingerprint density at radius 2 is 1.90 bits per heavy atom. The van der Waals surface area contributed by atoms with Gasteiger partial charge in [-0.1, -0.05) is 37.3 Å². The molecule has 0 aliphatic carbocycles. The van der Waals surface area contributed by atoms with Gasteiger partial charge < -0.3 is 10.2 Å². The van der Waals surface area contributed by atoms with E-state index in [0.29, 0.717) is 18.5 Å². The van der Waals surface area contributed by atoms with Crippen LogP contribution in [-0.4, -0.2) is 24.5 Å². The molecule has 2 aromatic rings. The van der Waals surface area contributed by atoms with Crippen molar-refractivity contribution in [2.24, 2.45) is 5.73 Å². The lowest BCUT2D eigenvalue weighted by molar-refractivity contribution is 0.212. The van der Waals surface area contributed by atoms with E-state index in [1.165, 1.54) is 11.1 Å². The lowest BCUT2D eigenvalue weighted by Gasteiger charge is -2.32. The van der Waals surface area contributed by atoms with Crippen LogP contribution in [-0.2, 0) is 6.54 Å². The quantitative estimate of drug-likeness (QED) is 0.878. The Bertz CT molecular complexity index is 521. The third-order valence-corrected chi connectivity index (χ3v) is 4.10. The minimum absolute atomic E-state index is 0.312. The number of hydrogen-bond donors (Lipinski definition) is 1. The summed E-state index contributed by atoms with van der Waals surface area (Å²) in [5.74, 6) is 1.39. The Hall–Kier alpha value is -1.58. The molecule has 1 aromatic carbocycles. The Labute approximate surface area is 121 Å². The average Bonchev–Trinajstić information content (AvgIpc) is 2.86. The van der Waals surface area contributed by atoms with Crippen LogP contribution >= 0.6 is 0 Å². The summed E-state index contributed by atoms with van der Waals surface area (Å²) in [6, 6.07) is 12.9. The minimum atomic E-state index is 0.312. The molecule has 0 aliphatic heterocycles. The molecule has 0 saturated heterocycles. The summed E-state index contributed by atoms with van der Waals surface area (Å²) in [7, 11) is 2.13. The van der Waals surface area contributed by atoms with Crippen molar-refractivity contribution in [3.63, 3.8) is 0 Å². The van der Waals surface area contributed by atoms with Crippen molar-refractivity contribution < 1.29 is 4.42 Å². The van der Waals surface area contributed by atoms with Gasteiger partial charge in [-0.15, -0.1) is 0 Å². The predicted molar refractivity (Wildman–Crippen MR) is 82.6 cm³/mol. The zero-order chi connectivity index (χ0) is 14.5. The minimum Gasteiger partial charge on any atom is -0.469 e. The van der Waals surface area contributed by atoms with Gasteiger partial charge in [0.1, 0.15) is 5.76 Å². The second kappa shape index (κ2) is 6.73. The smallest absolute Gasteiger partial charge is 0.105 e. The molecule has 0 saturated carbocycles. The van der Waals surface area contributed by atoms with E-state index in [1.54, 1.807) is 6.26 Å². The van der Waals surface area contributed by atoms with Gasteiger partial charge >= 0.3 is 0 Å². The third kappa shape index (κ3) is 3.30. The van der Waals surface area contributed by atoms with Crippen LogP contribution < -0.4 is 5.73 Å². The fourth-order valence-corrected chi connectivity index (χ4v) is 2.71. The van der Waals surface area contributed by atoms with E-state index >= 15 is 0 Å². The molecule has 2 rings (SSSR count). The van der Waals surface area contributed by atoms with Crippen LogP contribution in [0, 0.1) is 6.92 Å². The van der Waals surface area contributed by atoms with Crippen molar-refractivity contribution in [3.05, 3.63) is 59.5 Å². The van der Waals surface area contributed by atoms with Gasteiger partial charge in [-0.3, -0.25) is 4.90 Å². The summed E-state index contributed by atoms with van der Waals surface area (Å²) in [6.45, 7) is 5.75. The van der Waals surface area contributed by atoms with E-state index in [4.69, 9.17) is 10.2 Å². The second-order valence-corrected chi connectivity index (χ2v) is 5.42. The SMILES string of the molecule is Cc1occc1CN(C)C(CN)C(C)c1ccccc1. The first-order valence-electron chi connectivity index (χ1n) is 7.11. The maximum atomic E-state index is 6.01. The van der Waals surface area contributed by atoms with Gasteiger partial charge in [0.15, 0.2) is 0 Å². The fourth-order valence-electron chi connectivity index (χ4n) is 2.71. The summed E-state index contributed by atoms with van der Waals surface area (Å²) in [5, 5.41) is 0. The van der Waals surface area contributed by atoms with E-state index in [1.807, 2.05) is 19.1 Å². The largest absolute Gasteiger partial charge is 0.469 e. The fraction of sp³-hybridized carbons (Fsp3) is 0.412. The number of rotatable bonds is 6. The van der Waals surface area contributed by atoms with Gasteiger partial charge in [0.05, 0.1) is 6.26 Å². The molecule has 108 valence electrons. The Morgan fingerprint density at radius 1 is 1.20 bits per heavy atom.